The Morgan fingerprint density at radius 2 is 1.81 bits per heavy atom. The van der Waals surface area contributed by atoms with Crippen LogP contribution in [-0.2, 0) is 16.1 Å². The minimum Gasteiger partial charge on any atom is -0.469 e. The second-order valence-corrected chi connectivity index (χ2v) is 9.21. The van der Waals surface area contributed by atoms with Crippen molar-refractivity contribution in [2.45, 2.75) is 39.2 Å². The Bertz CT molecular complexity index is 1110. The van der Waals surface area contributed by atoms with Crippen LogP contribution >= 0.6 is 11.6 Å². The Hall–Kier alpha value is -2.79. The zero-order valence-electron chi connectivity index (χ0n) is 18.6. The Kier molecular flexibility index (Phi) is 6.85. The van der Waals surface area contributed by atoms with Crippen LogP contribution < -0.4 is 5.32 Å². The van der Waals surface area contributed by atoms with Crippen LogP contribution in [0.15, 0.2) is 48.7 Å². The fraction of sp³-hybridized carbons (Fsp3) is 0.385. The van der Waals surface area contributed by atoms with Gasteiger partial charge in [0.05, 0.1) is 24.1 Å². The average Bonchev–Trinajstić information content (AvgIpc) is 3.20. The molecule has 1 heterocycles. The molecule has 3 aromatic rings. The lowest BCUT2D eigenvalue weighted by Gasteiger charge is -2.27. The van der Waals surface area contributed by atoms with Crippen LogP contribution in [0.4, 0.5) is 0 Å². The largest absolute Gasteiger partial charge is 0.469 e. The molecule has 0 radical (unpaired) electrons. The van der Waals surface area contributed by atoms with Gasteiger partial charge in [0, 0.05) is 29.7 Å². The number of nitrogens with one attached hydrogen (secondary N) is 1. The van der Waals surface area contributed by atoms with Gasteiger partial charge in [-0.2, -0.15) is 0 Å². The van der Waals surface area contributed by atoms with Crippen molar-refractivity contribution in [2.24, 2.45) is 11.8 Å². The molecule has 32 heavy (non-hydrogen) atoms. The zero-order valence-corrected chi connectivity index (χ0v) is 19.3. The van der Waals surface area contributed by atoms with E-state index >= 15 is 0 Å². The van der Waals surface area contributed by atoms with E-state index in [4.69, 9.17) is 16.3 Å². The summed E-state index contributed by atoms with van der Waals surface area (Å²) in [5, 5.41) is 4.92. The van der Waals surface area contributed by atoms with Gasteiger partial charge in [-0.15, -0.1) is 0 Å². The molecule has 1 aliphatic carbocycles. The molecule has 4 rings (SSSR count). The van der Waals surface area contributed by atoms with Gasteiger partial charge in [0.2, 0.25) is 0 Å². The minimum absolute atomic E-state index is 0.000468. The molecule has 0 bridgehead atoms. The van der Waals surface area contributed by atoms with E-state index < -0.39 is 0 Å². The van der Waals surface area contributed by atoms with Crippen molar-refractivity contribution in [3.63, 3.8) is 0 Å². The van der Waals surface area contributed by atoms with E-state index in [2.05, 4.69) is 22.0 Å². The lowest BCUT2D eigenvalue weighted by molar-refractivity contribution is -0.146. The number of halogens is 1. The van der Waals surface area contributed by atoms with Crippen molar-refractivity contribution in [1.29, 1.82) is 0 Å². The highest BCUT2D eigenvalue weighted by Crippen LogP contribution is 2.29. The minimum atomic E-state index is -0.115. The Labute approximate surface area is 193 Å². The summed E-state index contributed by atoms with van der Waals surface area (Å²) in [7, 11) is 1.44. The summed E-state index contributed by atoms with van der Waals surface area (Å²) in [6, 6.07) is 13.9. The first-order valence-electron chi connectivity index (χ1n) is 11.1. The van der Waals surface area contributed by atoms with Crippen LogP contribution in [-0.4, -0.2) is 30.1 Å². The van der Waals surface area contributed by atoms with E-state index in [0.29, 0.717) is 29.6 Å². The lowest BCUT2D eigenvalue weighted by Crippen LogP contribution is -2.33. The lowest BCUT2D eigenvalue weighted by atomic mass is 9.82. The van der Waals surface area contributed by atoms with E-state index in [0.717, 1.165) is 47.7 Å². The fourth-order valence-electron chi connectivity index (χ4n) is 4.69. The number of rotatable bonds is 6. The van der Waals surface area contributed by atoms with Gasteiger partial charge in [0.1, 0.15) is 0 Å². The normalized spacial score (nSPS) is 18.5. The first-order valence-corrected chi connectivity index (χ1v) is 11.5. The number of carbonyl (C=O) groups is 2. The van der Waals surface area contributed by atoms with Gasteiger partial charge in [0.15, 0.2) is 0 Å². The average molecular weight is 453 g/mol. The van der Waals surface area contributed by atoms with Crippen LogP contribution in [0.3, 0.4) is 0 Å². The number of ether oxygens (including phenoxy) is 1. The second kappa shape index (κ2) is 9.78. The smallest absolute Gasteiger partial charge is 0.308 e. The zero-order chi connectivity index (χ0) is 22.7. The second-order valence-electron chi connectivity index (χ2n) is 8.77. The molecule has 1 N–H and O–H groups in total. The number of esters is 1. The number of hydrogen-bond acceptors (Lipinski definition) is 3. The van der Waals surface area contributed by atoms with Gasteiger partial charge < -0.3 is 14.6 Å². The highest BCUT2D eigenvalue weighted by atomic mass is 35.5. The Morgan fingerprint density at radius 3 is 2.50 bits per heavy atom. The highest BCUT2D eigenvalue weighted by molar-refractivity contribution is 6.30. The fourth-order valence-corrected chi connectivity index (χ4v) is 4.82. The molecule has 0 unspecified atom stereocenters. The van der Waals surface area contributed by atoms with Gasteiger partial charge in [-0.3, -0.25) is 9.59 Å². The van der Waals surface area contributed by atoms with Gasteiger partial charge in [-0.05, 0) is 80.0 Å². The van der Waals surface area contributed by atoms with Crippen molar-refractivity contribution in [3.8, 4) is 0 Å². The number of fused-ring (bicyclic) bond motifs is 1. The van der Waals surface area contributed by atoms with Crippen molar-refractivity contribution in [1.82, 2.24) is 9.88 Å². The number of hydrogen-bond donors (Lipinski definition) is 1. The van der Waals surface area contributed by atoms with Crippen LogP contribution in [0, 0.1) is 18.8 Å². The van der Waals surface area contributed by atoms with E-state index in [1.807, 2.05) is 43.5 Å². The molecule has 2 aromatic carbocycles. The maximum Gasteiger partial charge on any atom is 0.308 e. The van der Waals surface area contributed by atoms with Crippen LogP contribution in [0.5, 0.6) is 0 Å². The summed E-state index contributed by atoms with van der Waals surface area (Å²) < 4.78 is 6.99. The van der Waals surface area contributed by atoms with Crippen LogP contribution in [0.25, 0.3) is 10.9 Å². The molecule has 1 fully saturated rings. The third-order valence-corrected chi connectivity index (χ3v) is 6.70. The number of aryl methyl sites for hydroxylation is 1. The quantitative estimate of drug-likeness (QED) is 0.512. The van der Waals surface area contributed by atoms with Gasteiger partial charge in [-0.25, -0.2) is 0 Å². The molecular formula is C26H29ClN2O3. The highest BCUT2D eigenvalue weighted by Gasteiger charge is 2.27. The van der Waals surface area contributed by atoms with E-state index in [9.17, 15) is 9.59 Å². The summed E-state index contributed by atoms with van der Waals surface area (Å²) >= 11 is 6.02. The summed E-state index contributed by atoms with van der Waals surface area (Å²) in [6.07, 6.45) is 5.54. The first-order chi connectivity index (χ1) is 15.4. The number of amides is 1. The molecule has 0 aliphatic heterocycles. The van der Waals surface area contributed by atoms with Crippen molar-refractivity contribution in [2.75, 3.05) is 13.7 Å². The van der Waals surface area contributed by atoms with Gasteiger partial charge in [0.25, 0.3) is 5.91 Å². The third-order valence-electron chi connectivity index (χ3n) is 6.45. The Morgan fingerprint density at radius 1 is 1.09 bits per heavy atom. The molecule has 1 saturated carbocycles. The third kappa shape index (κ3) is 4.99. The van der Waals surface area contributed by atoms with E-state index in [-0.39, 0.29) is 17.8 Å². The molecule has 0 spiro atoms. The van der Waals surface area contributed by atoms with Gasteiger partial charge >= 0.3 is 5.97 Å². The number of carbonyl (C=O) groups excluding carboxylic acids is 2. The molecule has 5 nitrogen and oxygen atoms in total. The molecule has 1 aliphatic rings. The van der Waals surface area contributed by atoms with Crippen LogP contribution in [0.2, 0.25) is 5.02 Å². The van der Waals surface area contributed by atoms with Crippen molar-refractivity contribution >= 4 is 34.4 Å². The molecular weight excluding hydrogens is 424 g/mol. The standard InChI is InChI=1S/C26H29ClN2O3/c1-17-13-21-11-12-29(16-19-5-9-22(27)10-6-19)24(21)23(14-17)25(30)28-15-18-3-7-20(8-4-18)26(31)32-2/h5-6,9-14,18,20H,3-4,7-8,15-16H2,1-2H3,(H,28,30). The van der Waals surface area contributed by atoms with Gasteiger partial charge in [-0.1, -0.05) is 23.7 Å². The maximum absolute atomic E-state index is 13.2. The molecule has 1 amide bonds. The van der Waals surface area contributed by atoms with E-state index in [1.54, 1.807) is 0 Å². The maximum atomic E-state index is 13.2. The number of methoxy groups -OCH3 is 1. The monoisotopic (exact) mass is 452 g/mol. The first kappa shape index (κ1) is 22.4. The molecule has 0 atom stereocenters. The SMILES string of the molecule is COC(=O)C1CCC(CNC(=O)c2cc(C)cc3ccn(Cc4ccc(Cl)cc4)c23)CC1. The summed E-state index contributed by atoms with van der Waals surface area (Å²) in [4.78, 5) is 24.9. The van der Waals surface area contributed by atoms with Crippen LogP contribution in [0.1, 0.15) is 47.2 Å². The number of benzene rings is 2. The number of aromatic nitrogens is 1. The van der Waals surface area contributed by atoms with Crippen molar-refractivity contribution < 1.29 is 14.3 Å². The molecule has 0 saturated heterocycles. The summed E-state index contributed by atoms with van der Waals surface area (Å²) in [6.45, 7) is 3.31. The predicted molar refractivity (Wildman–Crippen MR) is 127 cm³/mol. The number of nitrogens with zero attached hydrogens (tertiary/aromatic N) is 1. The summed E-state index contributed by atoms with van der Waals surface area (Å²) in [5.74, 6) is 0.224. The topological polar surface area (TPSA) is 60.3 Å². The Balaban J connectivity index is 1.48. The predicted octanol–water partition coefficient (Wildman–Crippen LogP) is 5.36. The van der Waals surface area contributed by atoms with E-state index in [1.165, 1.54) is 7.11 Å². The molecule has 1 aromatic heterocycles. The molecule has 6 heteroatoms. The summed E-state index contributed by atoms with van der Waals surface area (Å²) in [5.41, 5.74) is 3.83. The molecule has 168 valence electrons. The van der Waals surface area contributed by atoms with Crippen molar-refractivity contribution in [3.05, 3.63) is 70.4 Å².